The molecule has 0 atom stereocenters. The van der Waals surface area contributed by atoms with E-state index in [2.05, 4.69) is 22.8 Å². The number of nitrogens with two attached hydrogens (primary N) is 1. The summed E-state index contributed by atoms with van der Waals surface area (Å²) in [5, 5.41) is 2.06. The molecule has 1 aliphatic rings. The Labute approximate surface area is 212 Å². The van der Waals surface area contributed by atoms with E-state index in [1.165, 1.54) is 44.5 Å². The lowest BCUT2D eigenvalue weighted by Gasteiger charge is -2.14. The molecule has 0 aliphatic carbocycles. The van der Waals surface area contributed by atoms with Crippen LogP contribution in [0.25, 0.3) is 10.8 Å². The number of likely N-dealkylation sites (tertiary alicyclic amines) is 1. The van der Waals surface area contributed by atoms with Gasteiger partial charge in [-0.2, -0.15) is 8.78 Å². The fourth-order valence-electron chi connectivity index (χ4n) is 4.37. The van der Waals surface area contributed by atoms with Gasteiger partial charge in [0.1, 0.15) is 0 Å². The van der Waals surface area contributed by atoms with Gasteiger partial charge in [0.25, 0.3) is 5.91 Å². The predicted molar refractivity (Wildman–Crippen MR) is 140 cm³/mol. The van der Waals surface area contributed by atoms with E-state index in [4.69, 9.17) is 9.47 Å². The maximum absolute atomic E-state index is 13.1. The molecule has 3 aromatic rings. The van der Waals surface area contributed by atoms with Crippen LogP contribution in [0.15, 0.2) is 60.7 Å². The average Bonchev–Trinajstić information content (AvgIpc) is 3.41. The standard InChI is InChI=1S/C15H23NO2.C14H13F2NO/c1-17-14-8-7-13(12-15(14)18-2)6-5-11-16-9-3-4-10-16;15-14(16,13(17)18)8-7-10-5-6-11-3-1-2-4-12(11)9-10/h7-8,12H,3-6,9-11H2,1-2H3;1-6,9H,7-8H2,(H2,17,18). The third-order valence-corrected chi connectivity index (χ3v) is 6.49. The van der Waals surface area contributed by atoms with Gasteiger partial charge in [-0.15, -0.1) is 0 Å². The van der Waals surface area contributed by atoms with E-state index in [9.17, 15) is 13.6 Å². The van der Waals surface area contributed by atoms with Crippen LogP contribution in [0.2, 0.25) is 0 Å². The number of halogens is 2. The second-order valence-corrected chi connectivity index (χ2v) is 9.09. The van der Waals surface area contributed by atoms with E-state index in [0.29, 0.717) is 0 Å². The molecule has 2 N–H and O–H groups in total. The van der Waals surface area contributed by atoms with Crippen LogP contribution in [-0.4, -0.2) is 50.6 Å². The first kappa shape index (κ1) is 27.4. The fraction of sp³-hybridized carbons (Fsp3) is 0.414. The minimum atomic E-state index is -3.44. The molecule has 1 amide bonds. The van der Waals surface area contributed by atoms with Gasteiger partial charge in [-0.25, -0.2) is 0 Å². The second kappa shape index (κ2) is 13.2. The van der Waals surface area contributed by atoms with Crippen molar-refractivity contribution in [3.05, 3.63) is 71.8 Å². The predicted octanol–water partition coefficient (Wildman–Crippen LogP) is 5.63. The van der Waals surface area contributed by atoms with Crippen molar-refractivity contribution >= 4 is 16.7 Å². The molecule has 36 heavy (non-hydrogen) atoms. The van der Waals surface area contributed by atoms with Gasteiger partial charge in [0, 0.05) is 6.42 Å². The average molecular weight is 499 g/mol. The van der Waals surface area contributed by atoms with Gasteiger partial charge in [-0.05, 0) is 85.8 Å². The number of methoxy groups -OCH3 is 2. The lowest BCUT2D eigenvalue weighted by Crippen LogP contribution is -2.35. The van der Waals surface area contributed by atoms with Crippen molar-refractivity contribution in [3.8, 4) is 11.5 Å². The number of alkyl halides is 2. The van der Waals surface area contributed by atoms with Crippen LogP contribution in [0, 0.1) is 0 Å². The largest absolute Gasteiger partial charge is 0.493 e. The summed E-state index contributed by atoms with van der Waals surface area (Å²) in [7, 11) is 3.36. The number of nitrogens with zero attached hydrogens (tertiary/aromatic N) is 1. The van der Waals surface area contributed by atoms with Crippen molar-refractivity contribution in [3.63, 3.8) is 0 Å². The van der Waals surface area contributed by atoms with Crippen molar-refractivity contribution in [1.29, 1.82) is 0 Å². The summed E-state index contributed by atoms with van der Waals surface area (Å²) >= 11 is 0. The van der Waals surface area contributed by atoms with Gasteiger partial charge < -0.3 is 20.1 Å². The lowest BCUT2D eigenvalue weighted by molar-refractivity contribution is -0.142. The number of fused-ring (bicyclic) bond motifs is 1. The number of ether oxygens (including phenoxy) is 2. The number of benzene rings is 3. The zero-order chi connectivity index (χ0) is 26.0. The highest BCUT2D eigenvalue weighted by molar-refractivity contribution is 5.83. The number of amides is 1. The monoisotopic (exact) mass is 498 g/mol. The third kappa shape index (κ3) is 7.92. The fourth-order valence-corrected chi connectivity index (χ4v) is 4.37. The number of hydrogen-bond acceptors (Lipinski definition) is 4. The summed E-state index contributed by atoms with van der Waals surface area (Å²) in [6, 6.07) is 19.4. The SMILES string of the molecule is COc1ccc(CCCN2CCCC2)cc1OC.NC(=O)C(F)(F)CCc1ccc2ccccc2c1. The van der Waals surface area contributed by atoms with Crippen LogP contribution in [-0.2, 0) is 17.6 Å². The number of hydrogen-bond donors (Lipinski definition) is 1. The summed E-state index contributed by atoms with van der Waals surface area (Å²) in [5.41, 5.74) is 6.73. The molecular formula is C29H36F2N2O3. The highest BCUT2D eigenvalue weighted by Crippen LogP contribution is 2.28. The molecule has 0 bridgehead atoms. The van der Waals surface area contributed by atoms with Crippen LogP contribution in [0.4, 0.5) is 8.78 Å². The summed E-state index contributed by atoms with van der Waals surface area (Å²) in [6.07, 6.45) is 4.64. The molecule has 3 aromatic carbocycles. The van der Waals surface area contributed by atoms with E-state index in [-0.39, 0.29) is 6.42 Å². The molecule has 1 aliphatic heterocycles. The van der Waals surface area contributed by atoms with Crippen LogP contribution in [0.1, 0.15) is 36.8 Å². The van der Waals surface area contributed by atoms with Crippen LogP contribution in [0.5, 0.6) is 11.5 Å². The highest BCUT2D eigenvalue weighted by atomic mass is 19.3. The van der Waals surface area contributed by atoms with Crippen molar-refractivity contribution in [2.45, 2.75) is 44.4 Å². The molecule has 5 nitrogen and oxygen atoms in total. The minimum Gasteiger partial charge on any atom is -0.493 e. The van der Waals surface area contributed by atoms with Crippen molar-refractivity contribution < 1.29 is 23.0 Å². The van der Waals surface area contributed by atoms with E-state index in [1.54, 1.807) is 20.3 Å². The summed E-state index contributed by atoms with van der Waals surface area (Å²) in [5.74, 6) is -3.37. The third-order valence-electron chi connectivity index (χ3n) is 6.49. The van der Waals surface area contributed by atoms with Gasteiger partial charge in [0.05, 0.1) is 14.2 Å². The maximum atomic E-state index is 13.1. The van der Waals surface area contributed by atoms with E-state index in [0.717, 1.165) is 34.3 Å². The van der Waals surface area contributed by atoms with Crippen LogP contribution < -0.4 is 15.2 Å². The summed E-state index contributed by atoms with van der Waals surface area (Å²) in [4.78, 5) is 13.1. The first-order valence-corrected chi connectivity index (χ1v) is 12.4. The summed E-state index contributed by atoms with van der Waals surface area (Å²) < 4.78 is 36.7. The maximum Gasteiger partial charge on any atom is 0.324 e. The Morgan fingerprint density at radius 1 is 0.889 bits per heavy atom. The highest BCUT2D eigenvalue weighted by Gasteiger charge is 2.35. The molecule has 7 heteroatoms. The Hall–Kier alpha value is -3.19. The number of carbonyl (C=O) groups excluding carboxylic acids is 1. The normalized spacial score (nSPS) is 13.8. The molecule has 0 saturated carbocycles. The summed E-state index contributed by atoms with van der Waals surface area (Å²) in [6.45, 7) is 3.78. The zero-order valence-corrected chi connectivity index (χ0v) is 21.1. The van der Waals surface area contributed by atoms with Crippen molar-refractivity contribution in [2.75, 3.05) is 33.9 Å². The molecule has 0 spiro atoms. The van der Waals surface area contributed by atoms with E-state index in [1.807, 2.05) is 42.5 Å². The molecule has 0 radical (unpaired) electrons. The Kier molecular flexibility index (Phi) is 10.1. The van der Waals surface area contributed by atoms with Crippen LogP contribution in [0.3, 0.4) is 0 Å². The smallest absolute Gasteiger partial charge is 0.324 e. The molecule has 0 aromatic heterocycles. The van der Waals surface area contributed by atoms with Crippen molar-refractivity contribution in [1.82, 2.24) is 4.90 Å². The van der Waals surface area contributed by atoms with Gasteiger partial charge in [-0.1, -0.05) is 48.5 Å². The molecule has 0 unspecified atom stereocenters. The quantitative estimate of drug-likeness (QED) is 0.394. The van der Waals surface area contributed by atoms with Gasteiger partial charge in [0.15, 0.2) is 11.5 Å². The molecule has 1 fully saturated rings. The zero-order valence-electron chi connectivity index (χ0n) is 21.1. The molecular weight excluding hydrogens is 462 g/mol. The first-order chi connectivity index (χ1) is 17.3. The number of carbonyl (C=O) groups is 1. The molecule has 4 rings (SSSR count). The Morgan fingerprint density at radius 2 is 1.53 bits per heavy atom. The van der Waals surface area contributed by atoms with E-state index >= 15 is 0 Å². The topological polar surface area (TPSA) is 64.8 Å². The Bertz CT molecular complexity index is 1130. The number of primary amides is 1. The number of aryl methyl sites for hydroxylation is 2. The van der Waals surface area contributed by atoms with Crippen molar-refractivity contribution in [2.24, 2.45) is 5.73 Å². The Balaban J connectivity index is 0.000000201. The molecule has 194 valence electrons. The lowest BCUT2D eigenvalue weighted by atomic mass is 10.0. The number of rotatable bonds is 10. The second-order valence-electron chi connectivity index (χ2n) is 9.09. The Morgan fingerprint density at radius 3 is 2.19 bits per heavy atom. The molecule has 1 heterocycles. The first-order valence-electron chi connectivity index (χ1n) is 12.4. The van der Waals surface area contributed by atoms with Gasteiger partial charge in [-0.3, -0.25) is 4.79 Å². The van der Waals surface area contributed by atoms with E-state index < -0.39 is 18.3 Å². The minimum absolute atomic E-state index is 0.126. The van der Waals surface area contributed by atoms with Gasteiger partial charge >= 0.3 is 5.92 Å². The van der Waals surface area contributed by atoms with Gasteiger partial charge in [0.2, 0.25) is 0 Å². The van der Waals surface area contributed by atoms with Crippen LogP contribution >= 0.6 is 0 Å². The molecule has 1 saturated heterocycles.